The van der Waals surface area contributed by atoms with Crippen molar-refractivity contribution in [1.29, 1.82) is 0 Å². The number of aryl methyl sites for hydroxylation is 2. The van der Waals surface area contributed by atoms with Crippen molar-refractivity contribution in [3.05, 3.63) is 110 Å². The molecule has 2 nitrogen and oxygen atoms in total. The molecule has 0 atom stereocenters. The fraction of sp³-hybridized carbons (Fsp3) is 0.214. The summed E-state index contributed by atoms with van der Waals surface area (Å²) in [7, 11) is 14.7. The molecule has 1 aromatic heterocycles. The third kappa shape index (κ3) is 4.52. The first-order valence-corrected chi connectivity index (χ1v) is 17.3. The molecular formula is C28H30Cl2N2Ru. The van der Waals surface area contributed by atoms with E-state index in [9.17, 15) is 0 Å². The van der Waals surface area contributed by atoms with Gasteiger partial charge in [-0.15, -0.1) is 0 Å². The summed E-state index contributed by atoms with van der Waals surface area (Å²) in [6, 6.07) is 18.8. The van der Waals surface area contributed by atoms with Crippen molar-refractivity contribution >= 4 is 24.0 Å². The molecule has 0 unspecified atom stereocenters. The van der Waals surface area contributed by atoms with Crippen LogP contribution in [0.5, 0.6) is 0 Å². The molecule has 0 spiro atoms. The van der Waals surface area contributed by atoms with Crippen LogP contribution in [0.3, 0.4) is 0 Å². The Morgan fingerprint density at radius 2 is 1.06 bits per heavy atom. The van der Waals surface area contributed by atoms with Gasteiger partial charge >= 0.3 is 208 Å². The molecule has 0 saturated heterocycles. The summed E-state index contributed by atoms with van der Waals surface area (Å²) in [6.45, 7) is 13.0. The molecule has 3 aromatic carbocycles. The maximum absolute atomic E-state index is 7.33. The number of aromatic nitrogens is 2. The molecule has 0 amide bonds. The third-order valence-corrected chi connectivity index (χ3v) is 12.0. The number of imidazole rings is 1. The summed E-state index contributed by atoms with van der Waals surface area (Å²) in [4.78, 5) is 0. The summed E-state index contributed by atoms with van der Waals surface area (Å²) >= 11 is -3.49. The van der Waals surface area contributed by atoms with Crippen molar-refractivity contribution in [2.75, 3.05) is 0 Å². The van der Waals surface area contributed by atoms with E-state index in [0.29, 0.717) is 0 Å². The minimum atomic E-state index is -3.49. The molecule has 0 saturated carbocycles. The van der Waals surface area contributed by atoms with Crippen LogP contribution >= 0.6 is 19.4 Å². The Morgan fingerprint density at radius 1 is 0.606 bits per heavy atom. The van der Waals surface area contributed by atoms with Gasteiger partial charge in [-0.05, 0) is 0 Å². The van der Waals surface area contributed by atoms with Gasteiger partial charge in [-0.3, -0.25) is 0 Å². The molecule has 0 fully saturated rings. The summed E-state index contributed by atoms with van der Waals surface area (Å²) < 4.78 is 7.41. The molecule has 0 aliphatic carbocycles. The van der Waals surface area contributed by atoms with E-state index < -0.39 is 11.9 Å². The Balaban J connectivity index is 2.18. The Labute approximate surface area is 207 Å². The number of benzene rings is 3. The molecule has 33 heavy (non-hydrogen) atoms. The second-order valence-corrected chi connectivity index (χ2v) is 17.8. The third-order valence-electron chi connectivity index (χ3n) is 6.58. The molecule has 5 heteroatoms. The molecule has 4 aromatic rings. The zero-order valence-corrected chi connectivity index (χ0v) is 23.2. The molecule has 0 N–H and O–H groups in total. The van der Waals surface area contributed by atoms with Crippen LogP contribution in [0.4, 0.5) is 0 Å². The monoisotopic (exact) mass is 566 g/mol. The second-order valence-electron chi connectivity index (χ2n) is 8.55. The number of nitrogens with zero attached hydrogens (tertiary/aromatic N) is 2. The normalized spacial score (nSPS) is 12.1. The van der Waals surface area contributed by atoms with Crippen LogP contribution in [0.1, 0.15) is 38.9 Å². The fourth-order valence-electron chi connectivity index (χ4n) is 4.07. The van der Waals surface area contributed by atoms with Crippen molar-refractivity contribution < 1.29 is 11.9 Å². The predicted molar refractivity (Wildman–Crippen MR) is 140 cm³/mol. The summed E-state index contributed by atoms with van der Waals surface area (Å²) in [5, 5.41) is 0. The predicted octanol–water partition coefficient (Wildman–Crippen LogP) is 7.96. The van der Waals surface area contributed by atoms with Gasteiger partial charge in [0.25, 0.3) is 0 Å². The van der Waals surface area contributed by atoms with E-state index in [2.05, 4.69) is 104 Å². The number of halogens is 2. The number of hydrogen-bond acceptors (Lipinski definition) is 0. The van der Waals surface area contributed by atoms with Gasteiger partial charge in [0.05, 0.1) is 0 Å². The van der Waals surface area contributed by atoms with Crippen molar-refractivity contribution in [3.63, 3.8) is 0 Å². The van der Waals surface area contributed by atoms with Crippen molar-refractivity contribution in [2.45, 2.75) is 41.5 Å². The van der Waals surface area contributed by atoms with E-state index in [1.54, 1.807) is 0 Å². The zero-order valence-electron chi connectivity index (χ0n) is 19.9. The molecule has 1 heterocycles. The van der Waals surface area contributed by atoms with Crippen molar-refractivity contribution in [1.82, 2.24) is 9.13 Å². The van der Waals surface area contributed by atoms with Crippen LogP contribution in [0, 0.1) is 45.6 Å². The second kappa shape index (κ2) is 9.30. The van der Waals surface area contributed by atoms with E-state index >= 15 is 0 Å². The van der Waals surface area contributed by atoms with Crippen LogP contribution in [-0.2, 0) is 11.9 Å². The van der Waals surface area contributed by atoms with E-state index in [1.807, 2.05) is 18.2 Å². The van der Waals surface area contributed by atoms with Crippen LogP contribution in [-0.4, -0.2) is 13.7 Å². The van der Waals surface area contributed by atoms with Gasteiger partial charge < -0.3 is 0 Å². The first kappa shape index (κ1) is 24.1. The molecule has 0 bridgehead atoms. The van der Waals surface area contributed by atoms with Gasteiger partial charge in [-0.1, -0.05) is 0 Å². The van der Waals surface area contributed by atoms with Gasteiger partial charge in [0.1, 0.15) is 0 Å². The topological polar surface area (TPSA) is 9.86 Å². The van der Waals surface area contributed by atoms with E-state index in [-0.39, 0.29) is 0 Å². The quantitative estimate of drug-likeness (QED) is 0.223. The number of hydrogen-bond donors (Lipinski definition) is 0. The van der Waals surface area contributed by atoms with Gasteiger partial charge in [0, 0.05) is 0 Å². The van der Waals surface area contributed by atoms with Gasteiger partial charge in [-0.25, -0.2) is 0 Å². The minimum absolute atomic E-state index is 0.941. The Morgan fingerprint density at radius 3 is 1.52 bits per heavy atom. The van der Waals surface area contributed by atoms with Gasteiger partial charge in [-0.2, -0.15) is 0 Å². The molecule has 174 valence electrons. The Bertz CT molecular complexity index is 1430. The van der Waals surface area contributed by atoms with E-state index in [0.717, 1.165) is 21.0 Å². The van der Waals surface area contributed by atoms with Crippen LogP contribution in [0.15, 0.2) is 67.0 Å². The molecule has 4 rings (SSSR count). The Kier molecular flexibility index (Phi) is 6.78. The summed E-state index contributed by atoms with van der Waals surface area (Å²) in [5.74, 6) is 0. The van der Waals surface area contributed by atoms with E-state index in [1.165, 1.54) is 33.4 Å². The molecular weight excluding hydrogens is 536 g/mol. The van der Waals surface area contributed by atoms with Crippen LogP contribution < -0.4 is 0 Å². The molecule has 0 aliphatic rings. The average molecular weight is 567 g/mol. The fourth-order valence-corrected chi connectivity index (χ4v) is 9.73. The van der Waals surface area contributed by atoms with Crippen molar-refractivity contribution in [2.24, 2.45) is 0 Å². The summed E-state index contributed by atoms with van der Waals surface area (Å²) in [5.41, 5.74) is 10.9. The van der Waals surface area contributed by atoms with Crippen LogP contribution in [0.2, 0.25) is 0 Å². The first-order chi connectivity index (χ1) is 15.6. The van der Waals surface area contributed by atoms with Gasteiger partial charge in [0.15, 0.2) is 0 Å². The Hall–Kier alpha value is -2.06. The average Bonchev–Trinajstić information content (AvgIpc) is 3.22. The molecule has 0 radical (unpaired) electrons. The summed E-state index contributed by atoms with van der Waals surface area (Å²) in [6.07, 6.45) is 4.19. The van der Waals surface area contributed by atoms with E-state index in [4.69, 9.17) is 19.4 Å². The van der Waals surface area contributed by atoms with Crippen LogP contribution in [0.25, 0.3) is 11.4 Å². The number of rotatable bonds is 3. The first-order valence-electron chi connectivity index (χ1n) is 10.9. The molecule has 0 aliphatic heterocycles. The van der Waals surface area contributed by atoms with Gasteiger partial charge in [0.2, 0.25) is 0 Å². The maximum atomic E-state index is 7.33. The SMILES string of the molecule is Cc1ccc(-n2ccn(-c3ccc(C)c(C)c3C)[c]2=[Ru]([Cl])([Cl])=[CH]c2ccccc2)c(C)c1C. The van der Waals surface area contributed by atoms with Crippen molar-refractivity contribution in [3.8, 4) is 11.4 Å². The zero-order chi connectivity index (χ0) is 23.9. The standard InChI is InChI=1S/C21H24N2.C7H6.2ClH.Ru/c1-14-7-9-20(18(5)16(14)3)22-11-12-23(13-22)21-10-8-15(2)17(4)19(21)6;1-7-5-3-2-4-6-7;;;/h7-12H,1-6H3;1-6H;2*1H;/q;;;;+2/p-2.